The van der Waals surface area contributed by atoms with Gasteiger partial charge < -0.3 is 5.32 Å². The van der Waals surface area contributed by atoms with Crippen LogP contribution in [-0.2, 0) is 6.54 Å². The minimum absolute atomic E-state index is 0.0112. The number of aromatic nitrogens is 1. The zero-order valence-corrected chi connectivity index (χ0v) is 12.6. The normalized spacial score (nSPS) is 12.3. The number of pyridine rings is 1. The number of rotatable bonds is 4. The maximum absolute atomic E-state index is 6.24. The highest BCUT2D eigenvalue weighted by Gasteiger charge is 2.07. The number of nitrogens with zero attached hydrogens (tertiary/aromatic N) is 1. The van der Waals surface area contributed by atoms with Crippen molar-refractivity contribution in [3.63, 3.8) is 0 Å². The molecule has 1 unspecified atom stereocenters. The molecule has 0 aliphatic rings. The van der Waals surface area contributed by atoms with Crippen LogP contribution in [0.4, 0.5) is 5.69 Å². The molecular weight excluding hydrogens is 280 g/mol. The van der Waals surface area contributed by atoms with E-state index in [9.17, 15) is 0 Å². The van der Waals surface area contributed by atoms with Crippen molar-refractivity contribution in [1.29, 1.82) is 0 Å². The Morgan fingerprint density at radius 1 is 1.05 bits per heavy atom. The van der Waals surface area contributed by atoms with E-state index < -0.39 is 0 Å². The molecule has 0 amide bonds. The minimum Gasteiger partial charge on any atom is -0.381 e. The van der Waals surface area contributed by atoms with E-state index in [0.717, 1.165) is 23.3 Å². The van der Waals surface area contributed by atoms with Crippen LogP contribution in [0.15, 0.2) is 60.8 Å². The fourth-order valence-corrected chi connectivity index (χ4v) is 2.69. The molecule has 21 heavy (non-hydrogen) atoms. The Hall–Kier alpha value is -2.06. The Morgan fingerprint density at radius 2 is 1.81 bits per heavy atom. The Labute approximate surface area is 129 Å². The summed E-state index contributed by atoms with van der Waals surface area (Å²) in [6, 6.07) is 18.4. The van der Waals surface area contributed by atoms with Gasteiger partial charge in [0.05, 0.1) is 10.9 Å². The van der Waals surface area contributed by atoms with Crippen LogP contribution in [0.3, 0.4) is 0 Å². The van der Waals surface area contributed by atoms with E-state index in [1.165, 1.54) is 10.9 Å². The summed E-state index contributed by atoms with van der Waals surface area (Å²) >= 11 is 6.24. The van der Waals surface area contributed by atoms with Gasteiger partial charge in [0, 0.05) is 23.8 Å². The molecule has 1 atom stereocenters. The van der Waals surface area contributed by atoms with E-state index in [0.29, 0.717) is 0 Å². The van der Waals surface area contributed by atoms with E-state index in [-0.39, 0.29) is 5.38 Å². The minimum atomic E-state index is -0.0112. The number of benzene rings is 2. The van der Waals surface area contributed by atoms with Gasteiger partial charge in [-0.2, -0.15) is 0 Å². The molecule has 1 aromatic heterocycles. The molecule has 0 aliphatic heterocycles. The molecule has 0 bridgehead atoms. The average molecular weight is 297 g/mol. The number of hydrogen-bond donors (Lipinski definition) is 1. The summed E-state index contributed by atoms with van der Waals surface area (Å²) in [4.78, 5) is 4.39. The summed E-state index contributed by atoms with van der Waals surface area (Å²) in [5.41, 5.74) is 4.46. The second kappa shape index (κ2) is 6.15. The van der Waals surface area contributed by atoms with Gasteiger partial charge in [-0.25, -0.2) is 0 Å². The van der Waals surface area contributed by atoms with Crippen molar-refractivity contribution in [2.24, 2.45) is 0 Å². The highest BCUT2D eigenvalue weighted by Crippen LogP contribution is 2.27. The molecule has 1 heterocycles. The lowest BCUT2D eigenvalue weighted by Gasteiger charge is -2.14. The van der Waals surface area contributed by atoms with Gasteiger partial charge in [0.2, 0.25) is 0 Å². The van der Waals surface area contributed by atoms with Gasteiger partial charge in [-0.1, -0.05) is 36.4 Å². The zero-order valence-electron chi connectivity index (χ0n) is 11.9. The summed E-state index contributed by atoms with van der Waals surface area (Å²) < 4.78 is 0. The summed E-state index contributed by atoms with van der Waals surface area (Å²) in [6.07, 6.45) is 1.86. The first-order chi connectivity index (χ1) is 10.3. The van der Waals surface area contributed by atoms with E-state index in [1.54, 1.807) is 0 Å². The van der Waals surface area contributed by atoms with Crippen LogP contribution in [0.2, 0.25) is 0 Å². The number of alkyl halides is 1. The quantitative estimate of drug-likeness (QED) is 0.674. The number of fused-ring (bicyclic) bond motifs is 1. The molecule has 2 nitrogen and oxygen atoms in total. The molecule has 1 N–H and O–H groups in total. The molecule has 2 aromatic carbocycles. The van der Waals surface area contributed by atoms with Crippen LogP contribution in [0.5, 0.6) is 0 Å². The molecule has 0 saturated heterocycles. The van der Waals surface area contributed by atoms with Gasteiger partial charge in [0.15, 0.2) is 0 Å². The monoisotopic (exact) mass is 296 g/mol. The second-order valence-corrected chi connectivity index (χ2v) is 5.70. The van der Waals surface area contributed by atoms with E-state index in [2.05, 4.69) is 34.6 Å². The molecule has 0 aliphatic carbocycles. The average Bonchev–Trinajstić information content (AvgIpc) is 2.53. The van der Waals surface area contributed by atoms with E-state index in [4.69, 9.17) is 11.6 Å². The topological polar surface area (TPSA) is 24.9 Å². The molecule has 3 rings (SSSR count). The SMILES string of the molecule is CC(Cl)c1ccccc1NCc1ccnc2ccccc12. The number of halogens is 1. The van der Waals surface area contributed by atoms with Gasteiger partial charge >= 0.3 is 0 Å². The first-order valence-electron chi connectivity index (χ1n) is 7.05. The van der Waals surface area contributed by atoms with Crippen LogP contribution < -0.4 is 5.32 Å². The third-order valence-corrected chi connectivity index (χ3v) is 3.83. The number of para-hydroxylation sites is 2. The number of nitrogens with one attached hydrogen (secondary N) is 1. The molecular formula is C18H17ClN2. The third kappa shape index (κ3) is 3.01. The van der Waals surface area contributed by atoms with Crippen molar-refractivity contribution < 1.29 is 0 Å². The Bertz CT molecular complexity index is 748. The zero-order chi connectivity index (χ0) is 14.7. The summed E-state index contributed by atoms with van der Waals surface area (Å²) in [7, 11) is 0. The predicted octanol–water partition coefficient (Wildman–Crippen LogP) is 5.15. The van der Waals surface area contributed by atoms with Crippen LogP contribution in [0.25, 0.3) is 10.9 Å². The Balaban J connectivity index is 1.87. The summed E-state index contributed by atoms with van der Waals surface area (Å²) in [5, 5.41) is 4.66. The maximum Gasteiger partial charge on any atom is 0.0705 e. The van der Waals surface area contributed by atoms with Crippen LogP contribution in [0, 0.1) is 0 Å². The van der Waals surface area contributed by atoms with Gasteiger partial charge in [-0.05, 0) is 36.2 Å². The second-order valence-electron chi connectivity index (χ2n) is 5.04. The first kappa shape index (κ1) is 13.9. The lowest BCUT2D eigenvalue weighted by Crippen LogP contribution is -2.03. The van der Waals surface area contributed by atoms with Crippen molar-refractivity contribution in [1.82, 2.24) is 4.98 Å². The predicted molar refractivity (Wildman–Crippen MR) is 89.8 cm³/mol. The van der Waals surface area contributed by atoms with Gasteiger partial charge in [0.1, 0.15) is 0 Å². The molecule has 3 aromatic rings. The largest absolute Gasteiger partial charge is 0.381 e. The van der Waals surface area contributed by atoms with Crippen molar-refractivity contribution >= 4 is 28.2 Å². The van der Waals surface area contributed by atoms with Crippen molar-refractivity contribution in [3.05, 3.63) is 71.9 Å². The Morgan fingerprint density at radius 3 is 2.67 bits per heavy atom. The van der Waals surface area contributed by atoms with Gasteiger partial charge in [-0.3, -0.25) is 4.98 Å². The first-order valence-corrected chi connectivity index (χ1v) is 7.49. The van der Waals surface area contributed by atoms with Crippen LogP contribution in [-0.4, -0.2) is 4.98 Å². The molecule has 0 saturated carbocycles. The highest BCUT2D eigenvalue weighted by molar-refractivity contribution is 6.21. The fourth-order valence-electron chi connectivity index (χ4n) is 2.50. The fraction of sp³-hybridized carbons (Fsp3) is 0.167. The van der Waals surface area contributed by atoms with Crippen molar-refractivity contribution in [2.75, 3.05) is 5.32 Å². The van der Waals surface area contributed by atoms with Gasteiger partial charge in [0.25, 0.3) is 0 Å². The van der Waals surface area contributed by atoms with E-state index in [1.807, 2.05) is 43.5 Å². The van der Waals surface area contributed by atoms with Crippen LogP contribution in [0.1, 0.15) is 23.4 Å². The standard InChI is InChI=1S/C18H17ClN2/c1-13(19)15-6-2-4-8-17(15)21-12-14-10-11-20-18-9-5-3-7-16(14)18/h2-11,13,21H,12H2,1H3. The molecule has 0 radical (unpaired) electrons. The molecule has 0 spiro atoms. The summed E-state index contributed by atoms with van der Waals surface area (Å²) in [5.74, 6) is 0. The van der Waals surface area contributed by atoms with Crippen LogP contribution >= 0.6 is 11.6 Å². The maximum atomic E-state index is 6.24. The molecule has 0 fully saturated rings. The van der Waals surface area contributed by atoms with Gasteiger partial charge in [-0.15, -0.1) is 11.6 Å². The number of hydrogen-bond acceptors (Lipinski definition) is 2. The smallest absolute Gasteiger partial charge is 0.0705 e. The highest BCUT2D eigenvalue weighted by atomic mass is 35.5. The molecule has 3 heteroatoms. The molecule has 106 valence electrons. The van der Waals surface area contributed by atoms with Crippen molar-refractivity contribution in [2.45, 2.75) is 18.8 Å². The lowest BCUT2D eigenvalue weighted by molar-refractivity contribution is 1.06. The van der Waals surface area contributed by atoms with Crippen molar-refractivity contribution in [3.8, 4) is 0 Å². The van der Waals surface area contributed by atoms with E-state index >= 15 is 0 Å². The lowest BCUT2D eigenvalue weighted by atomic mass is 10.1. The number of anilines is 1. The Kier molecular flexibility index (Phi) is 4.07. The third-order valence-electron chi connectivity index (χ3n) is 3.60. The summed E-state index contributed by atoms with van der Waals surface area (Å²) in [6.45, 7) is 2.74.